The lowest BCUT2D eigenvalue weighted by Crippen LogP contribution is -2.36. The van der Waals surface area contributed by atoms with E-state index in [-0.39, 0.29) is 5.56 Å². The number of likely N-dealkylation sites (tertiary alicyclic amines) is 1. The summed E-state index contributed by atoms with van der Waals surface area (Å²) in [6.45, 7) is 1.16. The fourth-order valence-electron chi connectivity index (χ4n) is 2.58. The molecular weight excluding hydrogens is 277 g/mol. The summed E-state index contributed by atoms with van der Waals surface area (Å²) in [5, 5.41) is 8.90. The Hall–Kier alpha value is -1.07. The molecule has 1 aliphatic heterocycles. The zero-order valence-electron chi connectivity index (χ0n) is 11.6. The molecule has 1 aromatic carbocycles. The summed E-state index contributed by atoms with van der Waals surface area (Å²) < 4.78 is 13.3. The molecule has 0 bridgehead atoms. The Morgan fingerprint density at radius 2 is 2.30 bits per heavy atom. The molecular formula is C15H20FNO2S. The number of benzene rings is 1. The maximum absolute atomic E-state index is 13.3. The fraction of sp³-hybridized carbons (Fsp3) is 0.533. The molecule has 1 aromatic rings. The standard InChI is InChI=1S/C15H20FNO2S/c1-17-8-3-2-4-11(17)7-9-20-12-5-6-14(16)13(10-12)15(18)19/h5-6,10-11H,2-4,7-9H2,1H3,(H,18,19). The smallest absolute Gasteiger partial charge is 0.338 e. The zero-order valence-corrected chi connectivity index (χ0v) is 12.5. The van der Waals surface area contributed by atoms with Crippen molar-refractivity contribution in [3.05, 3.63) is 29.6 Å². The van der Waals surface area contributed by atoms with Crippen LogP contribution in [0, 0.1) is 5.82 Å². The van der Waals surface area contributed by atoms with E-state index >= 15 is 0 Å². The summed E-state index contributed by atoms with van der Waals surface area (Å²) in [7, 11) is 2.16. The lowest BCUT2D eigenvalue weighted by molar-refractivity contribution is 0.0691. The quantitative estimate of drug-likeness (QED) is 0.845. The average molecular weight is 297 g/mol. The maximum atomic E-state index is 13.3. The van der Waals surface area contributed by atoms with Gasteiger partial charge in [0.25, 0.3) is 0 Å². The van der Waals surface area contributed by atoms with Crippen molar-refractivity contribution in [3.63, 3.8) is 0 Å². The Kier molecular flexibility index (Phi) is 5.43. The van der Waals surface area contributed by atoms with Gasteiger partial charge in [0, 0.05) is 10.9 Å². The Labute approximate surface area is 123 Å². The molecule has 1 N–H and O–H groups in total. The van der Waals surface area contributed by atoms with Crippen LogP contribution in [0.2, 0.25) is 0 Å². The summed E-state index contributed by atoms with van der Waals surface area (Å²) in [6.07, 6.45) is 4.89. The van der Waals surface area contributed by atoms with Crippen molar-refractivity contribution in [1.29, 1.82) is 0 Å². The van der Waals surface area contributed by atoms with E-state index in [1.807, 2.05) is 0 Å². The minimum absolute atomic E-state index is 0.246. The maximum Gasteiger partial charge on any atom is 0.338 e. The largest absolute Gasteiger partial charge is 0.478 e. The first-order chi connectivity index (χ1) is 9.58. The van der Waals surface area contributed by atoms with Gasteiger partial charge in [-0.2, -0.15) is 0 Å². The van der Waals surface area contributed by atoms with Gasteiger partial charge in [-0.3, -0.25) is 0 Å². The van der Waals surface area contributed by atoms with E-state index in [9.17, 15) is 9.18 Å². The molecule has 20 heavy (non-hydrogen) atoms. The molecule has 1 heterocycles. The van der Waals surface area contributed by atoms with Crippen molar-refractivity contribution < 1.29 is 14.3 Å². The first kappa shape index (κ1) is 15.3. The zero-order chi connectivity index (χ0) is 14.5. The van der Waals surface area contributed by atoms with Crippen molar-refractivity contribution in [2.75, 3.05) is 19.3 Å². The van der Waals surface area contributed by atoms with E-state index < -0.39 is 11.8 Å². The molecule has 3 nitrogen and oxygen atoms in total. The highest BCUT2D eigenvalue weighted by molar-refractivity contribution is 7.99. The Morgan fingerprint density at radius 3 is 3.00 bits per heavy atom. The number of rotatable bonds is 5. The van der Waals surface area contributed by atoms with Crippen LogP contribution in [0.1, 0.15) is 36.0 Å². The number of carboxylic acids is 1. The SMILES string of the molecule is CN1CCCCC1CCSc1ccc(F)c(C(=O)O)c1. The van der Waals surface area contributed by atoms with Crippen LogP contribution in [0.5, 0.6) is 0 Å². The minimum atomic E-state index is -1.21. The lowest BCUT2D eigenvalue weighted by atomic mass is 10.0. The number of carbonyl (C=O) groups is 1. The van der Waals surface area contributed by atoms with E-state index in [1.54, 1.807) is 17.8 Å². The van der Waals surface area contributed by atoms with Crippen LogP contribution in [0.25, 0.3) is 0 Å². The molecule has 2 rings (SSSR count). The van der Waals surface area contributed by atoms with Gasteiger partial charge in [0.15, 0.2) is 0 Å². The third-order valence-corrected chi connectivity index (χ3v) is 4.84. The number of aromatic carboxylic acids is 1. The molecule has 1 atom stereocenters. The second kappa shape index (κ2) is 7.09. The van der Waals surface area contributed by atoms with Crippen molar-refractivity contribution in [2.24, 2.45) is 0 Å². The third-order valence-electron chi connectivity index (χ3n) is 3.81. The van der Waals surface area contributed by atoms with Crippen LogP contribution >= 0.6 is 11.8 Å². The van der Waals surface area contributed by atoms with Gasteiger partial charge < -0.3 is 10.0 Å². The van der Waals surface area contributed by atoms with E-state index in [2.05, 4.69) is 11.9 Å². The molecule has 0 saturated carbocycles. The predicted molar refractivity (Wildman–Crippen MR) is 79.0 cm³/mol. The topological polar surface area (TPSA) is 40.5 Å². The van der Waals surface area contributed by atoms with Crippen LogP contribution in [-0.2, 0) is 0 Å². The first-order valence-electron chi connectivity index (χ1n) is 6.94. The first-order valence-corrected chi connectivity index (χ1v) is 7.92. The van der Waals surface area contributed by atoms with Gasteiger partial charge in [0.05, 0.1) is 5.56 Å². The van der Waals surface area contributed by atoms with Gasteiger partial charge in [-0.15, -0.1) is 11.8 Å². The van der Waals surface area contributed by atoms with Crippen molar-refractivity contribution in [1.82, 2.24) is 4.90 Å². The number of halogens is 1. The molecule has 110 valence electrons. The molecule has 0 aromatic heterocycles. The molecule has 1 fully saturated rings. The molecule has 0 spiro atoms. The summed E-state index contributed by atoms with van der Waals surface area (Å²) in [5.41, 5.74) is -0.246. The number of nitrogens with zero attached hydrogens (tertiary/aromatic N) is 1. The van der Waals surface area contributed by atoms with Gasteiger partial charge in [0.1, 0.15) is 5.82 Å². The summed E-state index contributed by atoms with van der Waals surface area (Å²) in [6, 6.07) is 4.93. The van der Waals surface area contributed by atoms with E-state index in [1.165, 1.54) is 31.4 Å². The summed E-state index contributed by atoms with van der Waals surface area (Å²) in [4.78, 5) is 14.1. The van der Waals surface area contributed by atoms with Gasteiger partial charge in [0.2, 0.25) is 0 Å². The molecule has 1 unspecified atom stereocenters. The number of carboxylic acid groups (broad SMARTS) is 1. The van der Waals surface area contributed by atoms with Gasteiger partial charge in [-0.1, -0.05) is 6.42 Å². The summed E-state index contributed by atoms with van der Waals surface area (Å²) >= 11 is 1.60. The van der Waals surface area contributed by atoms with Crippen LogP contribution in [0.3, 0.4) is 0 Å². The van der Waals surface area contributed by atoms with Gasteiger partial charge >= 0.3 is 5.97 Å². The molecule has 1 saturated heterocycles. The molecule has 0 radical (unpaired) electrons. The Bertz CT molecular complexity index is 481. The normalized spacial score (nSPS) is 20.0. The minimum Gasteiger partial charge on any atom is -0.478 e. The Morgan fingerprint density at radius 1 is 1.50 bits per heavy atom. The third kappa shape index (κ3) is 3.96. The van der Waals surface area contributed by atoms with Crippen molar-refractivity contribution >= 4 is 17.7 Å². The van der Waals surface area contributed by atoms with Crippen LogP contribution < -0.4 is 0 Å². The number of thioether (sulfide) groups is 1. The van der Waals surface area contributed by atoms with E-state index in [4.69, 9.17) is 5.11 Å². The molecule has 0 amide bonds. The highest BCUT2D eigenvalue weighted by Crippen LogP contribution is 2.25. The predicted octanol–water partition coefficient (Wildman–Crippen LogP) is 3.49. The van der Waals surface area contributed by atoms with Crippen molar-refractivity contribution in [3.8, 4) is 0 Å². The number of hydrogen-bond acceptors (Lipinski definition) is 3. The van der Waals surface area contributed by atoms with E-state index in [0.29, 0.717) is 6.04 Å². The highest BCUT2D eigenvalue weighted by atomic mass is 32.2. The van der Waals surface area contributed by atoms with Crippen molar-refractivity contribution in [2.45, 2.75) is 36.6 Å². The number of piperidine rings is 1. The Balaban J connectivity index is 1.87. The monoisotopic (exact) mass is 297 g/mol. The molecule has 1 aliphatic rings. The molecule has 0 aliphatic carbocycles. The summed E-state index contributed by atoms with van der Waals surface area (Å²) in [5.74, 6) is -0.953. The molecule has 5 heteroatoms. The highest BCUT2D eigenvalue weighted by Gasteiger charge is 2.18. The van der Waals surface area contributed by atoms with Crippen LogP contribution in [0.4, 0.5) is 4.39 Å². The average Bonchev–Trinajstić information content (AvgIpc) is 2.42. The second-order valence-electron chi connectivity index (χ2n) is 5.21. The number of hydrogen-bond donors (Lipinski definition) is 1. The van der Waals surface area contributed by atoms with Gasteiger partial charge in [-0.25, -0.2) is 9.18 Å². The van der Waals surface area contributed by atoms with Crippen LogP contribution in [-0.4, -0.2) is 41.4 Å². The lowest BCUT2D eigenvalue weighted by Gasteiger charge is -2.32. The van der Waals surface area contributed by atoms with Crippen LogP contribution in [0.15, 0.2) is 23.1 Å². The second-order valence-corrected chi connectivity index (χ2v) is 6.38. The van der Waals surface area contributed by atoms with E-state index in [0.717, 1.165) is 23.6 Å². The fourth-order valence-corrected chi connectivity index (χ4v) is 3.57. The van der Waals surface area contributed by atoms with Gasteiger partial charge in [-0.05, 0) is 56.8 Å².